The number of aliphatic hydroxyl groups is 4. The summed E-state index contributed by atoms with van der Waals surface area (Å²) in [6.07, 6.45) is -8.18. The molecule has 0 bridgehead atoms. The number of amides is 2. The van der Waals surface area contributed by atoms with Gasteiger partial charge in [0.1, 0.15) is 18.3 Å². The van der Waals surface area contributed by atoms with Crippen LogP contribution in [0.1, 0.15) is 12.0 Å². The van der Waals surface area contributed by atoms with Crippen LogP contribution >= 0.6 is 0 Å². The third-order valence-corrected chi connectivity index (χ3v) is 3.77. The summed E-state index contributed by atoms with van der Waals surface area (Å²) >= 11 is 0. The lowest BCUT2D eigenvalue weighted by Crippen LogP contribution is -2.62. The van der Waals surface area contributed by atoms with Crippen molar-refractivity contribution in [2.75, 3.05) is 5.32 Å². The Balaban J connectivity index is 2.15. The summed E-state index contributed by atoms with van der Waals surface area (Å²) in [5.41, 5.74) is -1.23. The molecule has 0 spiro atoms. The van der Waals surface area contributed by atoms with Gasteiger partial charge in [0.05, 0.1) is 6.42 Å². The van der Waals surface area contributed by atoms with E-state index >= 15 is 0 Å². The van der Waals surface area contributed by atoms with E-state index in [1.807, 2.05) is 12.2 Å². The molecule has 1 saturated heterocycles. The van der Waals surface area contributed by atoms with Crippen LogP contribution < -0.4 is 10.6 Å². The lowest BCUT2D eigenvalue weighted by Gasteiger charge is -2.34. The molecule has 5 atom stereocenters. The predicted molar refractivity (Wildman–Crippen MR) is 83.4 cm³/mol. The van der Waals surface area contributed by atoms with E-state index in [-0.39, 0.29) is 0 Å². The lowest BCUT2D eigenvalue weighted by molar-refractivity contribution is -0.188. The minimum absolute atomic E-state index is 0.383. The molecule has 1 fully saturated rings. The number of hydrogen-bond acceptors (Lipinski definition) is 7. The molecular weight excluding hydrogens is 336 g/mol. The number of benzene rings is 1. The molecule has 7 N–H and O–H groups in total. The maximum Gasteiger partial charge on any atom is 0.321 e. The van der Waals surface area contributed by atoms with Gasteiger partial charge in [-0.1, -0.05) is 17.7 Å². The monoisotopic (exact) mass is 356 g/mol. The first-order chi connectivity index (χ1) is 11.6. The minimum Gasteiger partial charge on any atom is -0.481 e. The van der Waals surface area contributed by atoms with Crippen LogP contribution in [0.3, 0.4) is 0 Å². The number of aliphatic hydroxyl groups excluding tert-OH is 3. The largest absolute Gasteiger partial charge is 0.481 e. The van der Waals surface area contributed by atoms with Crippen molar-refractivity contribution in [1.29, 1.82) is 0 Å². The van der Waals surface area contributed by atoms with Gasteiger partial charge in [-0.3, -0.25) is 4.79 Å². The van der Waals surface area contributed by atoms with E-state index in [1.54, 1.807) is 24.3 Å². The van der Waals surface area contributed by atoms with E-state index in [1.165, 1.54) is 0 Å². The third kappa shape index (κ3) is 4.44. The lowest BCUT2D eigenvalue weighted by atomic mass is 9.97. The normalized spacial score (nSPS) is 28.2. The number of hydrogen-bond donors (Lipinski definition) is 7. The molecule has 1 heterocycles. The van der Waals surface area contributed by atoms with E-state index in [4.69, 9.17) is 9.84 Å². The summed E-state index contributed by atoms with van der Waals surface area (Å²) < 4.78 is 4.82. The fourth-order valence-electron chi connectivity index (χ4n) is 2.50. The maximum absolute atomic E-state index is 12.1. The van der Waals surface area contributed by atoms with Crippen molar-refractivity contribution in [3.8, 4) is 0 Å². The van der Waals surface area contributed by atoms with Gasteiger partial charge in [0, 0.05) is 5.69 Å². The smallest absolute Gasteiger partial charge is 0.321 e. The van der Waals surface area contributed by atoms with Gasteiger partial charge < -0.3 is 40.9 Å². The number of aryl methyl sites for hydroxylation is 1. The van der Waals surface area contributed by atoms with Crippen LogP contribution in [-0.4, -0.2) is 67.9 Å². The second-order valence-corrected chi connectivity index (χ2v) is 5.87. The highest BCUT2D eigenvalue weighted by Crippen LogP contribution is 2.29. The molecule has 0 radical (unpaired) electrons. The SMILES string of the molecule is Cc1ccc(NC(=O)N[C@@](O)(CC(=O)O)[C@H]2O[C@H](O)[C@@H](O)[C@H]2O)cc1. The zero-order valence-corrected chi connectivity index (χ0v) is 13.3. The average molecular weight is 356 g/mol. The molecule has 0 saturated carbocycles. The molecule has 1 aromatic rings. The van der Waals surface area contributed by atoms with Crippen molar-refractivity contribution in [1.82, 2.24) is 5.32 Å². The summed E-state index contributed by atoms with van der Waals surface area (Å²) in [5, 5.41) is 52.7. The molecule has 138 valence electrons. The van der Waals surface area contributed by atoms with Crippen molar-refractivity contribution in [3.63, 3.8) is 0 Å². The number of carbonyl (C=O) groups excluding carboxylic acids is 1. The first-order valence-corrected chi connectivity index (χ1v) is 7.42. The van der Waals surface area contributed by atoms with Crippen LogP contribution in [0.5, 0.6) is 0 Å². The number of carbonyl (C=O) groups is 2. The highest BCUT2D eigenvalue weighted by atomic mass is 16.7. The summed E-state index contributed by atoms with van der Waals surface area (Å²) in [5.74, 6) is -1.50. The first-order valence-electron chi connectivity index (χ1n) is 7.42. The van der Waals surface area contributed by atoms with Crippen molar-refractivity contribution in [3.05, 3.63) is 29.8 Å². The molecule has 2 rings (SSSR count). The number of urea groups is 1. The highest BCUT2D eigenvalue weighted by Gasteiger charge is 2.54. The third-order valence-electron chi connectivity index (χ3n) is 3.77. The number of anilines is 1. The Morgan fingerprint density at radius 1 is 1.16 bits per heavy atom. The topological polar surface area (TPSA) is 169 Å². The summed E-state index contributed by atoms with van der Waals surface area (Å²) in [6, 6.07) is 5.70. The summed E-state index contributed by atoms with van der Waals surface area (Å²) in [7, 11) is 0. The van der Waals surface area contributed by atoms with Gasteiger partial charge in [-0.15, -0.1) is 0 Å². The van der Waals surface area contributed by atoms with Gasteiger partial charge >= 0.3 is 12.0 Å². The van der Waals surface area contributed by atoms with Crippen LogP contribution in [0.15, 0.2) is 24.3 Å². The van der Waals surface area contributed by atoms with Crippen molar-refractivity contribution in [2.45, 2.75) is 43.7 Å². The highest BCUT2D eigenvalue weighted by molar-refractivity contribution is 5.90. The van der Waals surface area contributed by atoms with E-state index in [9.17, 15) is 30.0 Å². The Kier molecular flexibility index (Phi) is 5.60. The Morgan fingerprint density at radius 3 is 2.24 bits per heavy atom. The van der Waals surface area contributed by atoms with Gasteiger partial charge in [-0.05, 0) is 19.1 Å². The fraction of sp³-hybridized carbons (Fsp3) is 0.467. The van der Waals surface area contributed by atoms with Gasteiger partial charge in [-0.25, -0.2) is 4.79 Å². The van der Waals surface area contributed by atoms with Gasteiger partial charge in [0.25, 0.3) is 0 Å². The van der Waals surface area contributed by atoms with E-state index < -0.39 is 48.7 Å². The zero-order valence-electron chi connectivity index (χ0n) is 13.3. The molecule has 0 aromatic heterocycles. The number of rotatable bonds is 5. The van der Waals surface area contributed by atoms with Crippen LogP contribution in [0.2, 0.25) is 0 Å². The van der Waals surface area contributed by atoms with Crippen LogP contribution in [0.25, 0.3) is 0 Å². The number of carboxylic acids is 1. The van der Waals surface area contributed by atoms with E-state index in [0.29, 0.717) is 5.69 Å². The van der Waals surface area contributed by atoms with Gasteiger partial charge in [0.2, 0.25) is 0 Å². The van der Waals surface area contributed by atoms with Crippen molar-refractivity contribution >= 4 is 17.7 Å². The van der Waals surface area contributed by atoms with Crippen molar-refractivity contribution < 1.29 is 39.9 Å². The molecule has 1 aliphatic rings. The number of aliphatic carboxylic acids is 1. The Hall–Kier alpha value is -2.24. The number of carboxylic acid groups (broad SMARTS) is 1. The maximum atomic E-state index is 12.1. The molecule has 10 heteroatoms. The second kappa shape index (κ2) is 7.33. The van der Waals surface area contributed by atoms with E-state index in [2.05, 4.69) is 5.32 Å². The number of ether oxygens (including phenoxy) is 1. The molecule has 0 unspecified atom stereocenters. The van der Waals surface area contributed by atoms with Gasteiger partial charge in [-0.2, -0.15) is 0 Å². The van der Waals surface area contributed by atoms with Crippen LogP contribution in [0, 0.1) is 6.92 Å². The van der Waals surface area contributed by atoms with Crippen LogP contribution in [0.4, 0.5) is 10.5 Å². The Morgan fingerprint density at radius 2 is 1.76 bits per heavy atom. The second-order valence-electron chi connectivity index (χ2n) is 5.87. The quantitative estimate of drug-likeness (QED) is 0.320. The summed E-state index contributed by atoms with van der Waals surface area (Å²) in [4.78, 5) is 23.1. The van der Waals surface area contributed by atoms with Crippen LogP contribution in [-0.2, 0) is 9.53 Å². The van der Waals surface area contributed by atoms with E-state index in [0.717, 1.165) is 5.56 Å². The molecule has 0 aliphatic carbocycles. The molecular formula is C15H20N2O8. The minimum atomic E-state index is -2.57. The Bertz CT molecular complexity index is 637. The van der Waals surface area contributed by atoms with Gasteiger partial charge in [0.15, 0.2) is 12.0 Å². The zero-order chi connectivity index (χ0) is 18.8. The fourth-order valence-corrected chi connectivity index (χ4v) is 2.50. The Labute approximate surface area is 142 Å². The predicted octanol–water partition coefficient (Wildman–Crippen LogP) is -1.28. The molecule has 1 aliphatic heterocycles. The number of nitrogens with one attached hydrogen (secondary N) is 2. The molecule has 2 amide bonds. The molecule has 1 aromatic carbocycles. The molecule has 10 nitrogen and oxygen atoms in total. The average Bonchev–Trinajstić information content (AvgIpc) is 2.77. The first kappa shape index (κ1) is 19.1. The summed E-state index contributed by atoms with van der Waals surface area (Å²) in [6.45, 7) is 1.85. The van der Waals surface area contributed by atoms with Crippen molar-refractivity contribution in [2.24, 2.45) is 0 Å². The standard InChI is InChI=1S/C15H20N2O8/c1-7-2-4-8(5-3-7)16-14(23)17-15(24,6-9(18)19)12-10(20)11(21)13(22)25-12/h2-5,10-13,20-22,24H,6H2,1H3,(H,18,19)(H2,16,17,23)/t10-,11+,12+,13+,15-/m1/s1. The molecule has 25 heavy (non-hydrogen) atoms.